The maximum atomic E-state index is 11.8. The van der Waals surface area contributed by atoms with Crippen molar-refractivity contribution >= 4 is 9.84 Å². The first-order chi connectivity index (χ1) is 7.41. The molecule has 3 unspecified atom stereocenters. The number of sulfone groups is 1. The predicted molar refractivity (Wildman–Crippen MR) is 61.6 cm³/mol. The molecule has 0 heterocycles. The molecule has 0 saturated heterocycles. The molecule has 0 spiro atoms. The fraction of sp³-hybridized carbons (Fsp3) is 0.909. The summed E-state index contributed by atoms with van der Waals surface area (Å²) in [5, 5.41) is 8.88. The van der Waals surface area contributed by atoms with Gasteiger partial charge in [-0.3, -0.25) is 0 Å². The largest absolute Gasteiger partial charge is 0.383 e. The molecule has 0 aliphatic heterocycles. The number of nitrogens with zero attached hydrogens (tertiary/aromatic N) is 1. The van der Waals surface area contributed by atoms with Crippen LogP contribution in [0, 0.1) is 22.7 Å². The lowest BCUT2D eigenvalue weighted by molar-refractivity contribution is 0.0951. The third-order valence-electron chi connectivity index (χ3n) is 3.69. The van der Waals surface area contributed by atoms with Gasteiger partial charge in [-0.1, -0.05) is 13.8 Å². The molecular weight excluding hydrogens is 226 g/mol. The Hall–Kier alpha value is -0.600. The minimum atomic E-state index is -3.04. The molecule has 0 aromatic rings. The summed E-state index contributed by atoms with van der Waals surface area (Å²) in [6.45, 7) is 3.91. The lowest BCUT2D eigenvalue weighted by Crippen LogP contribution is -2.28. The van der Waals surface area contributed by atoms with E-state index in [0.29, 0.717) is 19.4 Å². The number of hydrogen-bond donors (Lipinski definition) is 0. The van der Waals surface area contributed by atoms with Crippen LogP contribution in [0.15, 0.2) is 0 Å². The lowest BCUT2D eigenvalue weighted by atomic mass is 9.81. The van der Waals surface area contributed by atoms with Crippen LogP contribution in [0.4, 0.5) is 0 Å². The number of nitriles is 1. The Bertz CT molecular complexity index is 385. The zero-order valence-electron chi connectivity index (χ0n) is 10.1. The maximum Gasteiger partial charge on any atom is 0.152 e. The van der Waals surface area contributed by atoms with Gasteiger partial charge in [-0.05, 0) is 18.8 Å². The molecule has 0 aromatic carbocycles. The first-order valence-corrected chi connectivity index (χ1v) is 7.25. The van der Waals surface area contributed by atoms with Gasteiger partial charge in [0.05, 0.1) is 23.3 Å². The SMILES string of the molecule is CCS(=O)(=O)C1CC(C)C(C#N)(COC)C1. The van der Waals surface area contributed by atoms with Crippen molar-refractivity contribution in [2.45, 2.75) is 31.9 Å². The van der Waals surface area contributed by atoms with Crippen LogP contribution in [-0.4, -0.2) is 33.1 Å². The summed E-state index contributed by atoms with van der Waals surface area (Å²) in [6.07, 6.45) is 0.988. The molecule has 1 fully saturated rings. The fourth-order valence-corrected chi connectivity index (χ4v) is 4.07. The average molecular weight is 245 g/mol. The Kier molecular flexibility index (Phi) is 3.97. The summed E-state index contributed by atoms with van der Waals surface area (Å²) < 4.78 is 28.7. The van der Waals surface area contributed by atoms with E-state index in [9.17, 15) is 13.7 Å². The van der Waals surface area contributed by atoms with Gasteiger partial charge in [0, 0.05) is 12.9 Å². The van der Waals surface area contributed by atoms with E-state index in [1.165, 1.54) is 0 Å². The Labute approximate surface area is 97.5 Å². The number of ether oxygens (including phenoxy) is 1. The molecule has 3 atom stereocenters. The van der Waals surface area contributed by atoms with Crippen LogP contribution in [0.3, 0.4) is 0 Å². The summed E-state index contributed by atoms with van der Waals surface area (Å²) in [4.78, 5) is 0. The van der Waals surface area contributed by atoms with Crippen molar-refractivity contribution in [2.24, 2.45) is 11.3 Å². The van der Waals surface area contributed by atoms with Crippen LogP contribution in [0.5, 0.6) is 0 Å². The molecule has 0 amide bonds. The van der Waals surface area contributed by atoms with E-state index in [0.717, 1.165) is 0 Å². The maximum absolute atomic E-state index is 11.8. The standard InChI is InChI=1S/C11H19NO3S/c1-4-16(13,14)10-5-9(2)11(6-10,7-12)8-15-3/h9-10H,4-6,8H2,1-3H3. The van der Waals surface area contributed by atoms with E-state index < -0.39 is 15.3 Å². The van der Waals surface area contributed by atoms with E-state index in [1.807, 2.05) is 6.92 Å². The molecule has 0 radical (unpaired) electrons. The lowest BCUT2D eigenvalue weighted by Gasteiger charge is -2.24. The highest BCUT2D eigenvalue weighted by Crippen LogP contribution is 2.45. The third-order valence-corrected chi connectivity index (χ3v) is 5.87. The van der Waals surface area contributed by atoms with Crippen molar-refractivity contribution in [3.05, 3.63) is 0 Å². The minimum Gasteiger partial charge on any atom is -0.383 e. The van der Waals surface area contributed by atoms with Crippen molar-refractivity contribution in [1.82, 2.24) is 0 Å². The quantitative estimate of drug-likeness (QED) is 0.750. The highest BCUT2D eigenvalue weighted by atomic mass is 32.2. The number of methoxy groups -OCH3 is 1. The van der Waals surface area contributed by atoms with Crippen molar-refractivity contribution in [3.8, 4) is 6.07 Å². The van der Waals surface area contributed by atoms with Gasteiger partial charge < -0.3 is 4.74 Å². The minimum absolute atomic E-state index is 0.0729. The zero-order chi connectivity index (χ0) is 12.4. The molecule has 0 bridgehead atoms. The highest BCUT2D eigenvalue weighted by molar-refractivity contribution is 7.92. The zero-order valence-corrected chi connectivity index (χ0v) is 10.9. The Morgan fingerprint density at radius 2 is 2.19 bits per heavy atom. The molecule has 4 nitrogen and oxygen atoms in total. The van der Waals surface area contributed by atoms with Crippen LogP contribution in [0.25, 0.3) is 0 Å². The molecule has 0 aromatic heterocycles. The van der Waals surface area contributed by atoms with Gasteiger partial charge in [0.2, 0.25) is 0 Å². The fourth-order valence-electron chi connectivity index (χ4n) is 2.47. The van der Waals surface area contributed by atoms with Crippen molar-refractivity contribution in [2.75, 3.05) is 19.5 Å². The summed E-state index contributed by atoms with van der Waals surface area (Å²) in [5.41, 5.74) is -0.623. The second kappa shape index (κ2) is 4.72. The Morgan fingerprint density at radius 1 is 1.56 bits per heavy atom. The van der Waals surface area contributed by atoms with Gasteiger partial charge in [0.1, 0.15) is 0 Å². The Balaban J connectivity index is 2.93. The molecule has 0 N–H and O–H groups in total. The van der Waals surface area contributed by atoms with Crippen molar-refractivity contribution in [3.63, 3.8) is 0 Å². The molecule has 1 rings (SSSR count). The van der Waals surface area contributed by atoms with E-state index >= 15 is 0 Å². The average Bonchev–Trinajstić information content (AvgIpc) is 2.58. The van der Waals surface area contributed by atoms with Crippen molar-refractivity contribution in [1.29, 1.82) is 5.26 Å². The van der Waals surface area contributed by atoms with E-state index in [1.54, 1.807) is 14.0 Å². The van der Waals surface area contributed by atoms with E-state index in [-0.39, 0.29) is 16.9 Å². The van der Waals surface area contributed by atoms with Crippen LogP contribution < -0.4 is 0 Å². The molecule has 1 aliphatic rings. The summed E-state index contributed by atoms with van der Waals surface area (Å²) in [5.74, 6) is 0.225. The number of rotatable bonds is 4. The predicted octanol–water partition coefficient (Wildman–Crippen LogP) is 1.38. The summed E-state index contributed by atoms with van der Waals surface area (Å²) >= 11 is 0. The monoisotopic (exact) mass is 245 g/mol. The summed E-state index contributed by atoms with van der Waals surface area (Å²) in [6, 6.07) is 2.26. The second-order valence-corrected chi connectivity index (χ2v) is 7.19. The molecule has 5 heteroatoms. The van der Waals surface area contributed by atoms with E-state index in [4.69, 9.17) is 4.74 Å². The van der Waals surface area contributed by atoms with Gasteiger partial charge in [-0.25, -0.2) is 8.42 Å². The molecule has 1 aliphatic carbocycles. The van der Waals surface area contributed by atoms with Crippen molar-refractivity contribution < 1.29 is 13.2 Å². The first-order valence-electron chi connectivity index (χ1n) is 5.53. The van der Waals surface area contributed by atoms with Gasteiger partial charge in [0.15, 0.2) is 9.84 Å². The van der Waals surface area contributed by atoms with Crippen LogP contribution in [0.2, 0.25) is 0 Å². The molecule has 16 heavy (non-hydrogen) atoms. The number of hydrogen-bond acceptors (Lipinski definition) is 4. The topological polar surface area (TPSA) is 67.2 Å². The van der Waals surface area contributed by atoms with Crippen LogP contribution in [0.1, 0.15) is 26.7 Å². The highest BCUT2D eigenvalue weighted by Gasteiger charge is 2.49. The van der Waals surface area contributed by atoms with E-state index in [2.05, 4.69) is 6.07 Å². The normalized spacial score (nSPS) is 34.9. The molecule has 92 valence electrons. The van der Waals surface area contributed by atoms with Crippen LogP contribution >= 0.6 is 0 Å². The summed E-state index contributed by atoms with van der Waals surface area (Å²) in [7, 11) is -1.49. The smallest absolute Gasteiger partial charge is 0.152 e. The first kappa shape index (κ1) is 13.5. The van der Waals surface area contributed by atoms with Gasteiger partial charge in [-0.2, -0.15) is 5.26 Å². The third kappa shape index (κ3) is 2.23. The molecule has 1 saturated carbocycles. The van der Waals surface area contributed by atoms with Gasteiger partial charge in [0.25, 0.3) is 0 Å². The van der Waals surface area contributed by atoms with Crippen LogP contribution in [-0.2, 0) is 14.6 Å². The molecular formula is C11H19NO3S. The van der Waals surface area contributed by atoms with Gasteiger partial charge in [-0.15, -0.1) is 0 Å². The van der Waals surface area contributed by atoms with Gasteiger partial charge >= 0.3 is 0 Å². The second-order valence-electron chi connectivity index (χ2n) is 4.62. The Morgan fingerprint density at radius 3 is 2.62 bits per heavy atom.